The maximum Gasteiger partial charge on any atom is 0.267 e. The number of phenols is 1. The molecule has 0 bridgehead atoms. The van der Waals surface area contributed by atoms with Crippen molar-refractivity contribution in [3.8, 4) is 17.0 Å². The topological polar surface area (TPSA) is 96.5 Å². The van der Waals surface area contributed by atoms with Crippen LogP contribution < -0.4 is 16.1 Å². The first-order chi connectivity index (χ1) is 15.6. The number of carbonyl (C=O) groups is 1. The predicted octanol–water partition coefficient (Wildman–Crippen LogP) is 2.34. The van der Waals surface area contributed by atoms with Crippen LogP contribution in [0.4, 0.5) is 5.82 Å². The van der Waals surface area contributed by atoms with Gasteiger partial charge in [0.1, 0.15) is 25.1 Å². The monoisotopic (exact) mass is 428 g/mol. The van der Waals surface area contributed by atoms with Crippen LogP contribution in [0.5, 0.6) is 5.75 Å². The Kier molecular flexibility index (Phi) is 6.44. The van der Waals surface area contributed by atoms with Gasteiger partial charge in [-0.25, -0.2) is 4.98 Å². The molecule has 1 aromatic carbocycles. The van der Waals surface area contributed by atoms with Crippen LogP contribution in [0.15, 0.2) is 54.9 Å². The van der Waals surface area contributed by atoms with Crippen molar-refractivity contribution in [2.75, 3.05) is 18.4 Å². The van der Waals surface area contributed by atoms with Gasteiger partial charge in [-0.3, -0.25) is 4.79 Å². The zero-order chi connectivity index (χ0) is 22.5. The molecule has 3 N–H and O–H groups in total. The molecule has 162 valence electrons. The fourth-order valence-electron chi connectivity index (χ4n) is 3.59. The van der Waals surface area contributed by atoms with E-state index in [1.807, 2.05) is 48.0 Å². The minimum atomic E-state index is -0.0556. The zero-order valence-electron chi connectivity index (χ0n) is 18.0. The highest BCUT2D eigenvalue weighted by atomic mass is 16.3. The van der Waals surface area contributed by atoms with Crippen molar-refractivity contribution in [2.24, 2.45) is 0 Å². The van der Waals surface area contributed by atoms with Gasteiger partial charge in [0.25, 0.3) is 5.91 Å². The number of benzene rings is 1. The highest BCUT2D eigenvalue weighted by Crippen LogP contribution is 2.29. The first-order valence-corrected chi connectivity index (χ1v) is 10.7. The van der Waals surface area contributed by atoms with Gasteiger partial charge in [0.15, 0.2) is 5.65 Å². The average molecular weight is 428 g/mol. The molecule has 0 aliphatic heterocycles. The van der Waals surface area contributed by atoms with E-state index in [1.165, 1.54) is 0 Å². The summed E-state index contributed by atoms with van der Waals surface area (Å²) < 4.78 is 3.57. The number of nitrogens with zero attached hydrogens (tertiary/aromatic N) is 4. The highest BCUT2D eigenvalue weighted by Gasteiger charge is 2.13. The lowest BCUT2D eigenvalue weighted by Gasteiger charge is -2.12. The van der Waals surface area contributed by atoms with Crippen LogP contribution in [0.3, 0.4) is 0 Å². The fraction of sp³-hybridized carbons (Fsp3) is 0.261. The maximum absolute atomic E-state index is 12.3. The van der Waals surface area contributed by atoms with Gasteiger partial charge in [-0.2, -0.15) is 9.61 Å². The van der Waals surface area contributed by atoms with Crippen molar-refractivity contribution in [1.29, 1.82) is 0 Å². The number of aryl methyl sites for hydroxylation is 1. The molecule has 2 radical (unpaired) electrons. The molecule has 1 amide bonds. The van der Waals surface area contributed by atoms with Gasteiger partial charge in [0.05, 0.1) is 5.69 Å². The molecule has 32 heavy (non-hydrogen) atoms. The third-order valence-electron chi connectivity index (χ3n) is 5.28. The number of para-hydroxylation sites is 1. The first-order valence-electron chi connectivity index (χ1n) is 10.7. The second kappa shape index (κ2) is 9.59. The lowest BCUT2D eigenvalue weighted by atomic mass is 10.0. The molecule has 3 aromatic heterocycles. The Morgan fingerprint density at radius 2 is 1.97 bits per heavy atom. The summed E-state index contributed by atoms with van der Waals surface area (Å²) in [6.45, 7) is 4.05. The Bertz CT molecular complexity index is 1230. The second-order valence-corrected chi connectivity index (χ2v) is 7.45. The van der Waals surface area contributed by atoms with E-state index in [0.717, 1.165) is 25.2 Å². The molecule has 0 fully saturated rings. The Hall–Kier alpha value is -3.75. The van der Waals surface area contributed by atoms with Crippen LogP contribution in [-0.2, 0) is 6.54 Å². The largest absolute Gasteiger partial charge is 0.507 e. The van der Waals surface area contributed by atoms with Gasteiger partial charge in [-0.15, -0.1) is 0 Å². The van der Waals surface area contributed by atoms with Crippen LogP contribution in [0.1, 0.15) is 30.3 Å². The van der Waals surface area contributed by atoms with Gasteiger partial charge in [-0.1, -0.05) is 12.1 Å². The van der Waals surface area contributed by atoms with E-state index < -0.39 is 0 Å². The molecule has 8 nitrogen and oxygen atoms in total. The smallest absolute Gasteiger partial charge is 0.267 e. The molecule has 0 unspecified atom stereocenters. The zero-order valence-corrected chi connectivity index (χ0v) is 18.0. The molecule has 4 rings (SSSR count). The Balaban J connectivity index is 1.37. The van der Waals surface area contributed by atoms with E-state index in [4.69, 9.17) is 7.85 Å². The SMILES string of the molecule is [B]c1cnn2c(NCCCCNC(=O)c3cccn3CC)cc(-c3ccccc3O)nc12. The average Bonchev–Trinajstić information content (AvgIpc) is 3.43. The number of fused-ring (bicyclic) bond motifs is 1. The summed E-state index contributed by atoms with van der Waals surface area (Å²) in [5.41, 5.74) is 2.90. The third kappa shape index (κ3) is 4.46. The molecule has 0 saturated heterocycles. The lowest BCUT2D eigenvalue weighted by Crippen LogP contribution is -2.27. The van der Waals surface area contributed by atoms with Crippen molar-refractivity contribution < 1.29 is 9.90 Å². The number of hydrogen-bond donors (Lipinski definition) is 3. The summed E-state index contributed by atoms with van der Waals surface area (Å²) in [4.78, 5) is 16.9. The first kappa shape index (κ1) is 21.5. The Morgan fingerprint density at radius 3 is 2.78 bits per heavy atom. The predicted molar refractivity (Wildman–Crippen MR) is 126 cm³/mol. The molecule has 4 aromatic rings. The number of nitrogens with one attached hydrogen (secondary N) is 2. The maximum atomic E-state index is 12.3. The minimum absolute atomic E-state index is 0.0556. The summed E-state index contributed by atoms with van der Waals surface area (Å²) in [6, 6.07) is 12.6. The molecule has 0 aliphatic carbocycles. The summed E-state index contributed by atoms with van der Waals surface area (Å²) in [5, 5.41) is 20.9. The van der Waals surface area contributed by atoms with Crippen molar-refractivity contribution in [3.63, 3.8) is 0 Å². The molecular formula is C23H25BN6O2. The summed E-state index contributed by atoms with van der Waals surface area (Å²) in [6.07, 6.45) is 5.14. The van der Waals surface area contributed by atoms with E-state index in [0.29, 0.717) is 41.2 Å². The van der Waals surface area contributed by atoms with Gasteiger partial charge in [0.2, 0.25) is 0 Å². The van der Waals surface area contributed by atoms with Gasteiger partial charge in [0, 0.05) is 43.7 Å². The number of carbonyl (C=O) groups excluding carboxylic acids is 1. The molecule has 9 heteroatoms. The van der Waals surface area contributed by atoms with E-state index >= 15 is 0 Å². The summed E-state index contributed by atoms with van der Waals surface area (Å²) in [5.74, 6) is 0.827. The van der Waals surface area contributed by atoms with Crippen molar-refractivity contribution >= 4 is 30.7 Å². The van der Waals surface area contributed by atoms with E-state index in [1.54, 1.807) is 22.8 Å². The van der Waals surface area contributed by atoms with Crippen LogP contribution >= 0.6 is 0 Å². The molecule has 0 spiro atoms. The normalized spacial score (nSPS) is 11.0. The van der Waals surface area contributed by atoms with Crippen LogP contribution in [0.2, 0.25) is 0 Å². The Labute approximate surface area is 187 Å². The van der Waals surface area contributed by atoms with Crippen LogP contribution in [-0.4, -0.2) is 51.1 Å². The minimum Gasteiger partial charge on any atom is -0.507 e. The van der Waals surface area contributed by atoms with Crippen molar-refractivity contribution in [2.45, 2.75) is 26.3 Å². The molecule has 3 heterocycles. The number of hydrogen-bond acceptors (Lipinski definition) is 5. The third-order valence-corrected chi connectivity index (χ3v) is 5.28. The standard InChI is InChI=1S/C23H25BN6O2/c1-2-29-13-7-9-19(29)23(32)26-12-6-5-11-25-21-14-18(16-8-3-4-10-20(16)31)28-22-17(24)15-27-30(21)22/h3-4,7-10,13-15,25,31H,2,5-6,11-12H2,1H3,(H,26,32). The summed E-state index contributed by atoms with van der Waals surface area (Å²) in [7, 11) is 6.04. The van der Waals surface area contributed by atoms with Gasteiger partial charge in [-0.05, 0) is 49.5 Å². The lowest BCUT2D eigenvalue weighted by molar-refractivity contribution is 0.0944. The van der Waals surface area contributed by atoms with Crippen LogP contribution in [0, 0.1) is 0 Å². The van der Waals surface area contributed by atoms with Crippen LogP contribution in [0.25, 0.3) is 16.9 Å². The number of anilines is 1. The Morgan fingerprint density at radius 1 is 1.16 bits per heavy atom. The van der Waals surface area contributed by atoms with Crippen molar-refractivity contribution in [1.82, 2.24) is 24.5 Å². The number of aromatic hydroxyl groups is 1. The second-order valence-electron chi connectivity index (χ2n) is 7.45. The van der Waals surface area contributed by atoms with Crippen molar-refractivity contribution in [3.05, 3.63) is 60.6 Å². The number of amides is 1. The van der Waals surface area contributed by atoms with E-state index in [2.05, 4.69) is 20.7 Å². The summed E-state index contributed by atoms with van der Waals surface area (Å²) >= 11 is 0. The fourth-order valence-corrected chi connectivity index (χ4v) is 3.59. The molecular weight excluding hydrogens is 403 g/mol. The molecule has 0 atom stereocenters. The quantitative estimate of drug-likeness (QED) is 0.281. The number of rotatable bonds is 9. The molecule has 0 saturated carbocycles. The van der Waals surface area contributed by atoms with Gasteiger partial charge < -0.3 is 20.3 Å². The van der Waals surface area contributed by atoms with E-state index in [-0.39, 0.29) is 11.7 Å². The number of unbranched alkanes of at least 4 members (excludes halogenated alkanes) is 1. The number of aromatic nitrogens is 4. The number of phenolic OH excluding ortho intramolecular Hbond substituents is 1. The molecule has 0 aliphatic rings. The van der Waals surface area contributed by atoms with Gasteiger partial charge >= 0.3 is 0 Å². The van der Waals surface area contributed by atoms with E-state index in [9.17, 15) is 9.90 Å². The highest BCUT2D eigenvalue weighted by molar-refractivity contribution is 6.36.